The molecular formula is C70H81Cl2N23O10S4. The van der Waals surface area contributed by atoms with Gasteiger partial charge in [-0.25, -0.2) is 57.6 Å². The Morgan fingerprint density at radius 1 is 0.606 bits per heavy atom. The topological polar surface area (TPSA) is 462 Å². The summed E-state index contributed by atoms with van der Waals surface area (Å²) in [5.74, 6) is 9.52. The van der Waals surface area contributed by atoms with E-state index in [1.165, 1.54) is 74.7 Å². The van der Waals surface area contributed by atoms with Crippen molar-refractivity contribution in [1.29, 1.82) is 0 Å². The predicted octanol–water partition coefficient (Wildman–Crippen LogP) is 12.9. The van der Waals surface area contributed by atoms with E-state index in [0.29, 0.717) is 141 Å². The maximum absolute atomic E-state index is 12.1. The highest BCUT2D eigenvalue weighted by Crippen LogP contribution is 2.44. The number of aliphatic carboxylic acids is 1. The first-order valence-electron chi connectivity index (χ1n) is 34.0. The van der Waals surface area contributed by atoms with E-state index in [0.717, 1.165) is 91.0 Å². The van der Waals surface area contributed by atoms with Crippen molar-refractivity contribution in [1.82, 2.24) is 90.7 Å². The summed E-state index contributed by atoms with van der Waals surface area (Å²) in [6.07, 6.45) is 26.2. The van der Waals surface area contributed by atoms with Gasteiger partial charge in [0.05, 0.1) is 55.8 Å². The van der Waals surface area contributed by atoms with Crippen molar-refractivity contribution >= 4 is 149 Å². The lowest BCUT2D eigenvalue weighted by molar-refractivity contribution is -0.153. The van der Waals surface area contributed by atoms with Gasteiger partial charge in [0.15, 0.2) is 70.1 Å². The highest BCUT2D eigenvalue weighted by molar-refractivity contribution is 7.92. The predicted molar refractivity (Wildman–Crippen MR) is 423 cm³/mol. The number of rotatable bonds is 24. The molecule has 5 fully saturated rings. The Hall–Kier alpha value is -11.6. The number of amides is 2. The molecule has 1 unspecified atom stereocenters. The molecule has 11 aromatic heterocycles. The number of terminal acetylenes is 2. The summed E-state index contributed by atoms with van der Waals surface area (Å²) in [6.45, 7) is 6.03. The number of carbonyl (C=O) groups excluding carboxylic acids is 4. The molecule has 0 radical (unpaired) electrons. The summed E-state index contributed by atoms with van der Waals surface area (Å²) in [5, 5.41) is 64.0. The number of esters is 1. The van der Waals surface area contributed by atoms with Crippen molar-refractivity contribution in [2.24, 2.45) is 0 Å². The summed E-state index contributed by atoms with van der Waals surface area (Å²) in [4.78, 5) is 95.7. The van der Waals surface area contributed by atoms with Crippen LogP contribution in [-0.2, 0) is 33.9 Å². The second kappa shape index (κ2) is 33.3. The van der Waals surface area contributed by atoms with Crippen LogP contribution in [0.2, 0.25) is 10.0 Å². The van der Waals surface area contributed by atoms with Crippen LogP contribution in [0, 0.1) is 24.7 Å². The summed E-state index contributed by atoms with van der Waals surface area (Å²) in [5.41, 5.74) is 5.42. The number of carbonyl (C=O) groups is 5. The highest BCUT2D eigenvalue weighted by atomic mass is 35.5. The highest BCUT2D eigenvalue weighted by Gasteiger charge is 2.31. The molecule has 11 aromatic rings. The number of sulfonamides is 1. The number of hydrogen-bond donors (Lipinski definition) is 12. The number of hydrogen-bond acceptors (Lipinski definition) is 29. The number of carboxylic acid groups (broad SMARTS) is 1. The fraction of sp³-hybridized carbons (Fsp3) is 0.300. The normalized spacial score (nSPS) is 15.2. The van der Waals surface area contributed by atoms with E-state index in [4.69, 9.17) is 45.9 Å². The van der Waals surface area contributed by atoms with Gasteiger partial charge in [-0.3, -0.25) is 34.8 Å². The molecule has 16 rings (SSSR count). The van der Waals surface area contributed by atoms with Crippen molar-refractivity contribution in [3.63, 3.8) is 0 Å². The zero-order valence-corrected chi connectivity index (χ0v) is 62.8. The van der Waals surface area contributed by atoms with Crippen LogP contribution in [0.25, 0.3) is 32.1 Å². The molecule has 1 saturated heterocycles. The average Bonchev–Trinajstić information content (AvgIpc) is 1.64. The van der Waals surface area contributed by atoms with Gasteiger partial charge in [0.1, 0.15) is 14.3 Å². The zero-order chi connectivity index (χ0) is 76.6. The van der Waals surface area contributed by atoms with E-state index in [1.54, 1.807) is 37.4 Å². The first-order chi connectivity index (χ1) is 52.5. The molecule has 1 aliphatic heterocycles. The summed E-state index contributed by atoms with van der Waals surface area (Å²) in [7, 11) is -3.92. The Morgan fingerprint density at radius 3 is 1.51 bits per heavy atom. The van der Waals surface area contributed by atoms with Crippen LogP contribution in [-0.4, -0.2) is 155 Å². The monoisotopic (exact) mass is 1600 g/mol. The molecule has 39 heteroatoms. The number of H-pyrrole nitrogens is 4. The minimum absolute atomic E-state index is 0. The summed E-state index contributed by atoms with van der Waals surface area (Å²) >= 11 is 15.6. The Labute approximate surface area is 654 Å². The fourth-order valence-corrected chi connectivity index (χ4v) is 15.2. The number of aromatic nitrogens is 16. The van der Waals surface area contributed by atoms with E-state index < -0.39 is 39.8 Å². The van der Waals surface area contributed by atoms with Gasteiger partial charge >= 0.3 is 11.9 Å². The third kappa shape index (κ3) is 19.4. The number of aromatic amines is 4. The van der Waals surface area contributed by atoms with Crippen LogP contribution in [0.1, 0.15) is 167 Å². The van der Waals surface area contributed by atoms with Crippen molar-refractivity contribution in [2.45, 2.75) is 119 Å². The van der Waals surface area contributed by atoms with Crippen LogP contribution >= 0.6 is 57.2 Å². The SMILES string of the molecule is C#Cc1cnc(-c2ccc(S(=O)(=O)NC(C)=O)s2)nc1Nc1cc(C2CC2)[nH]n1.C#Cc1cnc(N2CC[C@@H](NC(C)=O)C2)nc1Nc1cc(C2CC2)[nH]n1.CCOC(=O)C(O)c1ccc(-c2ncc(Cl)c(Nc3cc(C4CC4)[nH]n3)n2)s1.O=C(O)C(=O)c1ccc(-c2ncc(Cl)c(Nc3cc(C4CC4)[nH]n3)n2)s1.[HH].[HH].[HH].[HH].[HH].[HH].[HH]. The smallest absolute Gasteiger partial charge is 0.378 e. The van der Waals surface area contributed by atoms with E-state index >= 15 is 0 Å². The molecule has 12 heterocycles. The van der Waals surface area contributed by atoms with E-state index in [-0.39, 0.29) is 37.6 Å². The Kier molecular flexibility index (Phi) is 23.1. The zero-order valence-electron chi connectivity index (χ0n) is 58.1. The van der Waals surface area contributed by atoms with Crippen LogP contribution in [0.3, 0.4) is 0 Å². The fourth-order valence-electron chi connectivity index (χ4n) is 10.9. The number of ketones is 1. The first kappa shape index (κ1) is 75.6. The Bertz CT molecular complexity index is 5470. The van der Waals surface area contributed by atoms with E-state index in [1.807, 2.05) is 33.9 Å². The maximum Gasteiger partial charge on any atom is 0.378 e. The molecule has 0 spiro atoms. The summed E-state index contributed by atoms with van der Waals surface area (Å²) < 4.78 is 31.1. The van der Waals surface area contributed by atoms with Crippen LogP contribution in [0.4, 0.5) is 52.5 Å². The number of ether oxygens (including phenoxy) is 1. The van der Waals surface area contributed by atoms with Crippen molar-refractivity contribution in [2.75, 3.05) is 45.9 Å². The number of aliphatic hydroxyl groups is 1. The number of thiophene rings is 3. The van der Waals surface area contributed by atoms with Crippen molar-refractivity contribution in [3.05, 3.63) is 139 Å². The Balaban J connectivity index is 0.000000236. The van der Waals surface area contributed by atoms with Gasteiger partial charge in [-0.2, -0.15) is 25.4 Å². The minimum atomic E-state index is -3.92. The van der Waals surface area contributed by atoms with Gasteiger partial charge < -0.3 is 46.4 Å². The number of Topliss-reactive ketones (excluding diaryl/α,β-unsaturated/α-hetero) is 1. The second-order valence-corrected chi connectivity index (χ2v) is 31.5. The Morgan fingerprint density at radius 2 is 1.05 bits per heavy atom. The number of nitrogens with one attached hydrogen (secondary N) is 10. The number of anilines is 9. The quantitative estimate of drug-likeness (QED) is 0.0116. The van der Waals surface area contributed by atoms with Crippen LogP contribution in [0.15, 0.2) is 89.7 Å². The molecule has 12 N–H and O–H groups in total. The van der Waals surface area contributed by atoms with Gasteiger partial charge in [-0.05, 0) is 101 Å². The van der Waals surface area contributed by atoms with Crippen molar-refractivity contribution < 1.29 is 57.3 Å². The van der Waals surface area contributed by atoms with Crippen LogP contribution < -0.4 is 36.2 Å². The minimum Gasteiger partial charge on any atom is -0.475 e. The molecule has 0 bridgehead atoms. The summed E-state index contributed by atoms with van der Waals surface area (Å²) in [6, 6.07) is 17.3. The molecule has 0 aromatic carbocycles. The number of halogens is 2. The third-order valence-corrected chi connectivity index (χ3v) is 22.7. The molecule has 109 heavy (non-hydrogen) atoms. The van der Waals surface area contributed by atoms with Gasteiger partial charge in [0.25, 0.3) is 15.8 Å². The lowest BCUT2D eigenvalue weighted by Crippen LogP contribution is -2.35. The average molecular weight is 1600 g/mol. The molecule has 4 saturated carbocycles. The standard InChI is InChI=1S/C18H18ClN5O3S.C18H21N7O.C18H16N6O3S2.C16H12ClN5O3S.7H2/c1-2-27-18(26)15(25)12-5-6-13(28-12)17-20-8-10(19)16(22-17)21-14-7-11(23-24-14)9-3-4-9;1-3-12-9-19-18(25-7-6-14(10-25)20-11(2)26)22-17(12)21-16-8-15(23-24-16)13-4-5-13;1-3-11-9-19-18(14-6-7-16(28-14)29(26,27)24-10(2)25)21-17(11)20-15-8-13(22-23-15)12-4-5-12;17-8-6-18-15(11-4-3-10(26-11)13(23)16(24)25)20-14(8)19-12-5-9(21-22-12)7-1-2-7;;;;;;;/h5-9,15,25H,2-4H2,1H3,(H2,20,21,22,23,24);1,8-9,13-14H,4-7,10H2,2H3,(H,20,26)(H2,19,21,22,23,24);1,6-9,12H,4-5H2,2H3,(H,24,25)(H2,19,20,21,22,23);3-7H,1-2H2,(H,24,25)(H2,18,19,20,21,22);7*1H/t;14-;;;;;;;;;/m.1........./s1. The molecule has 5 aliphatic rings. The lowest BCUT2D eigenvalue weighted by Gasteiger charge is -2.17. The van der Waals surface area contributed by atoms with Gasteiger partial charge in [-0.1, -0.05) is 35.0 Å². The van der Waals surface area contributed by atoms with Crippen LogP contribution in [0.5, 0.6) is 0 Å². The molecule has 574 valence electrons. The van der Waals surface area contributed by atoms with Crippen molar-refractivity contribution in [3.8, 4) is 56.8 Å². The lowest BCUT2D eigenvalue weighted by atomic mass is 10.3. The molecule has 2 atom stereocenters. The van der Waals surface area contributed by atoms with Gasteiger partial charge in [0.2, 0.25) is 17.8 Å². The molecule has 33 nitrogen and oxygen atoms in total. The second-order valence-electron chi connectivity index (χ2n) is 25.5. The third-order valence-electron chi connectivity index (χ3n) is 16.9. The van der Waals surface area contributed by atoms with Gasteiger partial charge in [-0.15, -0.1) is 46.9 Å². The number of aliphatic hydroxyl groups excluding tert-OH is 1. The number of carboxylic acids is 1. The maximum atomic E-state index is 12.1. The molecule has 4 aliphatic carbocycles. The number of nitrogens with zero attached hydrogens (tertiary/aromatic N) is 13. The molecular weight excluding hydrogens is 1520 g/mol. The molecule has 2 amide bonds. The largest absolute Gasteiger partial charge is 0.475 e. The van der Waals surface area contributed by atoms with E-state index in [9.17, 15) is 37.5 Å². The first-order valence-corrected chi connectivity index (χ1v) is 38.7. The van der Waals surface area contributed by atoms with Gasteiger partial charge in [0, 0.05) is 125 Å². The van der Waals surface area contributed by atoms with E-state index in [2.05, 4.69) is 119 Å².